The highest BCUT2D eigenvalue weighted by Crippen LogP contribution is 2.22. The van der Waals surface area contributed by atoms with Crippen LogP contribution in [-0.4, -0.2) is 80.3 Å². The predicted octanol–water partition coefficient (Wildman–Crippen LogP) is 1.92. The maximum Gasteiger partial charge on any atom is 0.254 e. The maximum absolute atomic E-state index is 13.2. The predicted molar refractivity (Wildman–Crippen MR) is 111 cm³/mol. The first-order chi connectivity index (χ1) is 13.3. The van der Waals surface area contributed by atoms with E-state index in [1.165, 1.54) is 0 Å². The maximum atomic E-state index is 13.2. The highest BCUT2D eigenvalue weighted by Gasteiger charge is 2.32. The van der Waals surface area contributed by atoms with E-state index >= 15 is 0 Å². The number of piperazine rings is 1. The zero-order valence-electron chi connectivity index (χ0n) is 16.5. The van der Waals surface area contributed by atoms with Crippen LogP contribution in [0.4, 0.5) is 0 Å². The molecule has 1 aromatic carbocycles. The number of likely N-dealkylation sites (tertiary alicyclic amines) is 1. The van der Waals surface area contributed by atoms with E-state index in [2.05, 4.69) is 10.2 Å². The Balaban J connectivity index is 0.00000225. The van der Waals surface area contributed by atoms with Crippen molar-refractivity contribution in [2.45, 2.75) is 38.0 Å². The molecule has 3 fully saturated rings. The minimum absolute atomic E-state index is 0. The molecule has 4 rings (SSSR count). The molecule has 3 heterocycles. The molecule has 1 amide bonds. The second-order valence-corrected chi connectivity index (χ2v) is 7.76. The van der Waals surface area contributed by atoms with Gasteiger partial charge in [0.1, 0.15) is 0 Å². The van der Waals surface area contributed by atoms with Crippen molar-refractivity contribution in [2.24, 2.45) is 0 Å². The molecule has 3 aliphatic rings. The van der Waals surface area contributed by atoms with E-state index in [9.17, 15) is 4.79 Å². The van der Waals surface area contributed by atoms with Crippen LogP contribution in [0.2, 0.25) is 0 Å². The molecular formula is C21H32ClN3O3. The number of benzene rings is 1. The smallest absolute Gasteiger partial charge is 0.254 e. The molecule has 0 aliphatic carbocycles. The van der Waals surface area contributed by atoms with E-state index in [1.54, 1.807) is 0 Å². The van der Waals surface area contributed by atoms with Crippen LogP contribution in [-0.2, 0) is 16.1 Å². The van der Waals surface area contributed by atoms with E-state index < -0.39 is 0 Å². The summed E-state index contributed by atoms with van der Waals surface area (Å²) in [5.41, 5.74) is 1.80. The summed E-state index contributed by atoms with van der Waals surface area (Å²) in [7, 11) is 0. The van der Waals surface area contributed by atoms with Crippen LogP contribution in [0.25, 0.3) is 0 Å². The van der Waals surface area contributed by atoms with Crippen LogP contribution in [0.1, 0.15) is 35.2 Å². The zero-order chi connectivity index (χ0) is 18.5. The largest absolute Gasteiger partial charge is 0.381 e. The van der Waals surface area contributed by atoms with Crippen LogP contribution in [0.15, 0.2) is 24.3 Å². The third-order valence-corrected chi connectivity index (χ3v) is 6.01. The monoisotopic (exact) mass is 409 g/mol. The van der Waals surface area contributed by atoms with Crippen molar-refractivity contribution in [1.29, 1.82) is 0 Å². The summed E-state index contributed by atoms with van der Waals surface area (Å²) in [6.07, 6.45) is 3.20. The lowest BCUT2D eigenvalue weighted by Crippen LogP contribution is -2.49. The van der Waals surface area contributed by atoms with E-state index in [0.29, 0.717) is 12.6 Å². The highest BCUT2D eigenvalue weighted by atomic mass is 35.5. The molecule has 1 atom stereocenters. The number of hydrogen-bond acceptors (Lipinski definition) is 5. The topological polar surface area (TPSA) is 54.0 Å². The van der Waals surface area contributed by atoms with E-state index in [4.69, 9.17) is 9.47 Å². The van der Waals surface area contributed by atoms with Crippen molar-refractivity contribution >= 4 is 18.3 Å². The summed E-state index contributed by atoms with van der Waals surface area (Å²) >= 11 is 0. The van der Waals surface area contributed by atoms with Gasteiger partial charge in [0.15, 0.2) is 0 Å². The molecule has 3 saturated heterocycles. The Bertz CT molecular complexity index is 633. The quantitative estimate of drug-likeness (QED) is 0.805. The van der Waals surface area contributed by atoms with Crippen molar-refractivity contribution in [3.63, 3.8) is 0 Å². The molecule has 0 spiro atoms. The third kappa shape index (κ3) is 5.24. The van der Waals surface area contributed by atoms with Crippen LogP contribution in [0.5, 0.6) is 0 Å². The van der Waals surface area contributed by atoms with Gasteiger partial charge >= 0.3 is 0 Å². The molecule has 0 radical (unpaired) electrons. The second-order valence-electron chi connectivity index (χ2n) is 7.76. The summed E-state index contributed by atoms with van der Waals surface area (Å²) in [5, 5.41) is 3.40. The molecule has 3 aliphatic heterocycles. The molecule has 156 valence electrons. The molecule has 1 aromatic rings. The Labute approximate surface area is 173 Å². The molecule has 0 saturated carbocycles. The Hall–Kier alpha value is -1.18. The summed E-state index contributed by atoms with van der Waals surface area (Å²) in [6, 6.07) is 8.42. The van der Waals surface area contributed by atoms with Crippen LogP contribution in [0.3, 0.4) is 0 Å². The molecule has 28 heavy (non-hydrogen) atoms. The van der Waals surface area contributed by atoms with Gasteiger partial charge < -0.3 is 19.7 Å². The fourth-order valence-electron chi connectivity index (χ4n) is 4.35. The van der Waals surface area contributed by atoms with Gasteiger partial charge in [-0.05, 0) is 30.9 Å². The molecule has 6 nitrogen and oxygen atoms in total. The van der Waals surface area contributed by atoms with E-state index in [0.717, 1.165) is 82.9 Å². The molecular weight excluding hydrogens is 378 g/mol. The summed E-state index contributed by atoms with van der Waals surface area (Å²) in [4.78, 5) is 17.7. The first-order valence-corrected chi connectivity index (χ1v) is 10.3. The van der Waals surface area contributed by atoms with Crippen molar-refractivity contribution in [3.8, 4) is 0 Å². The summed E-state index contributed by atoms with van der Waals surface area (Å²) in [6.45, 7) is 8.01. The number of amides is 1. The van der Waals surface area contributed by atoms with Gasteiger partial charge in [0.25, 0.3) is 5.91 Å². The van der Waals surface area contributed by atoms with Crippen LogP contribution >= 0.6 is 12.4 Å². The number of ether oxygens (including phenoxy) is 2. The number of carbonyl (C=O) groups is 1. The average Bonchev–Trinajstić information content (AvgIpc) is 3.24. The van der Waals surface area contributed by atoms with Crippen molar-refractivity contribution in [1.82, 2.24) is 15.1 Å². The zero-order valence-corrected chi connectivity index (χ0v) is 17.3. The number of nitrogens with one attached hydrogen (secondary N) is 1. The van der Waals surface area contributed by atoms with Gasteiger partial charge in [-0.25, -0.2) is 0 Å². The Morgan fingerprint density at radius 2 is 1.86 bits per heavy atom. The number of hydrogen-bond donors (Lipinski definition) is 1. The third-order valence-electron chi connectivity index (χ3n) is 6.01. The molecule has 0 aromatic heterocycles. The first-order valence-electron chi connectivity index (χ1n) is 10.3. The second kappa shape index (κ2) is 10.6. The lowest BCUT2D eigenvalue weighted by Gasteiger charge is -2.32. The van der Waals surface area contributed by atoms with E-state index in [1.807, 2.05) is 29.2 Å². The number of nitrogens with zero attached hydrogens (tertiary/aromatic N) is 2. The summed E-state index contributed by atoms with van der Waals surface area (Å²) in [5.74, 6) is 0.152. The lowest BCUT2D eigenvalue weighted by atomic mass is 10.1. The molecule has 0 bridgehead atoms. The molecule has 1 unspecified atom stereocenters. The molecule has 1 N–H and O–H groups in total. The van der Waals surface area contributed by atoms with Gasteiger partial charge in [-0.15, -0.1) is 12.4 Å². The fraction of sp³-hybridized carbons (Fsp3) is 0.667. The van der Waals surface area contributed by atoms with Crippen LogP contribution < -0.4 is 5.32 Å². The van der Waals surface area contributed by atoms with Gasteiger partial charge in [0, 0.05) is 64.1 Å². The van der Waals surface area contributed by atoms with Crippen molar-refractivity contribution in [3.05, 3.63) is 35.4 Å². The van der Waals surface area contributed by atoms with E-state index in [-0.39, 0.29) is 24.4 Å². The summed E-state index contributed by atoms with van der Waals surface area (Å²) < 4.78 is 11.5. The average molecular weight is 410 g/mol. The Kier molecular flexibility index (Phi) is 8.11. The van der Waals surface area contributed by atoms with Crippen LogP contribution in [0, 0.1) is 0 Å². The number of carbonyl (C=O) groups excluding carboxylic acids is 1. The number of rotatable bonds is 5. The van der Waals surface area contributed by atoms with Gasteiger partial charge in [0.05, 0.1) is 12.7 Å². The SMILES string of the molecule is Cl.O=C(c1ccccc1COC1CCOCC1)N1CCC(N2CCNCC2)C1. The standard InChI is InChI=1S/C21H31N3O3.ClH/c25-21(24-10-5-18(15-24)23-11-8-22-9-12-23)20-4-2-1-3-17(20)16-27-19-6-13-26-14-7-19;/h1-4,18-19,22H,5-16H2;1H. The Morgan fingerprint density at radius 3 is 2.64 bits per heavy atom. The minimum Gasteiger partial charge on any atom is -0.381 e. The first kappa shape index (κ1) is 21.5. The molecule has 7 heteroatoms. The van der Waals surface area contributed by atoms with Crippen molar-refractivity contribution in [2.75, 3.05) is 52.5 Å². The minimum atomic E-state index is 0. The van der Waals surface area contributed by atoms with Gasteiger partial charge in [0.2, 0.25) is 0 Å². The highest BCUT2D eigenvalue weighted by molar-refractivity contribution is 5.95. The number of halogens is 1. The van der Waals surface area contributed by atoms with Gasteiger partial charge in [-0.3, -0.25) is 9.69 Å². The Morgan fingerprint density at radius 1 is 1.11 bits per heavy atom. The van der Waals surface area contributed by atoms with Gasteiger partial charge in [-0.2, -0.15) is 0 Å². The van der Waals surface area contributed by atoms with Crippen molar-refractivity contribution < 1.29 is 14.3 Å². The van der Waals surface area contributed by atoms with Gasteiger partial charge in [-0.1, -0.05) is 18.2 Å². The normalized spacial score (nSPS) is 24.1. The fourth-order valence-corrected chi connectivity index (χ4v) is 4.35. The lowest BCUT2D eigenvalue weighted by molar-refractivity contribution is -0.0392.